The van der Waals surface area contributed by atoms with Crippen LogP contribution in [0.25, 0.3) is 10.8 Å². The molecule has 0 aliphatic carbocycles. The minimum absolute atomic E-state index is 1.24. The fourth-order valence-electron chi connectivity index (χ4n) is 5.97. The van der Waals surface area contributed by atoms with Crippen LogP contribution in [0.15, 0.2) is 42.5 Å². The maximum atomic E-state index is 2.32. The van der Waals surface area contributed by atoms with Gasteiger partial charge in [-0.25, -0.2) is 0 Å². The quantitative estimate of drug-likeness (QED) is 0.111. The van der Waals surface area contributed by atoms with Crippen LogP contribution < -0.4 is 0 Å². The maximum Gasteiger partial charge on any atom is -0.0152 e. The molecule has 0 saturated carbocycles. The second kappa shape index (κ2) is 23.8. The molecule has 210 valence electrons. The number of unbranched alkanes of at least 4 members (excludes halogenated alkanes) is 24. The summed E-state index contributed by atoms with van der Waals surface area (Å²) in [7, 11) is 0. The molecule has 0 nitrogen and oxygen atoms in total. The van der Waals surface area contributed by atoms with Crippen LogP contribution in [0.5, 0.6) is 0 Å². The Hall–Kier alpha value is -1.30. The Morgan fingerprint density at radius 2 is 0.703 bits per heavy atom. The van der Waals surface area contributed by atoms with E-state index in [1.165, 1.54) is 183 Å². The van der Waals surface area contributed by atoms with E-state index in [4.69, 9.17) is 0 Å². The van der Waals surface area contributed by atoms with Gasteiger partial charge in [0.15, 0.2) is 0 Å². The molecular weight excluding hydrogens is 444 g/mol. The highest BCUT2D eigenvalue weighted by Crippen LogP contribution is 2.21. The summed E-state index contributed by atoms with van der Waals surface area (Å²) in [4.78, 5) is 0. The van der Waals surface area contributed by atoms with Crippen molar-refractivity contribution in [3.8, 4) is 0 Å². The Bertz CT molecular complexity index is 739. The molecule has 0 bridgehead atoms. The molecule has 0 saturated heterocycles. The van der Waals surface area contributed by atoms with Crippen molar-refractivity contribution in [2.75, 3.05) is 0 Å². The number of aryl methyl sites for hydroxylation is 1. The van der Waals surface area contributed by atoms with Gasteiger partial charge in [-0.2, -0.15) is 0 Å². The normalized spacial score (nSPS) is 11.5. The van der Waals surface area contributed by atoms with E-state index in [0.717, 1.165) is 0 Å². The lowest BCUT2D eigenvalue weighted by molar-refractivity contribution is 0.516. The van der Waals surface area contributed by atoms with Crippen molar-refractivity contribution in [1.29, 1.82) is 0 Å². The van der Waals surface area contributed by atoms with Gasteiger partial charge in [0.05, 0.1) is 0 Å². The molecule has 0 aromatic heterocycles. The van der Waals surface area contributed by atoms with E-state index in [1.807, 2.05) is 0 Å². The summed E-state index contributed by atoms with van der Waals surface area (Å²) in [6.07, 6.45) is 37.7. The van der Waals surface area contributed by atoms with E-state index in [1.54, 1.807) is 0 Å². The standard InChI is InChI=1S/C37H62/c1-2-3-4-5-6-7-8-9-10-11-12-13-14-15-16-17-18-19-20-21-22-23-24-25-26-30-35-32-29-33-36-31-27-28-34-37(35)36/h27-29,31-34H,2-26,30H2,1H3. The molecule has 0 N–H and O–H groups in total. The van der Waals surface area contributed by atoms with Crippen LogP contribution >= 0.6 is 0 Å². The van der Waals surface area contributed by atoms with Gasteiger partial charge in [-0.15, -0.1) is 0 Å². The molecule has 0 unspecified atom stereocenters. The Labute approximate surface area is 232 Å². The zero-order valence-electron chi connectivity index (χ0n) is 24.9. The lowest BCUT2D eigenvalue weighted by Crippen LogP contribution is -1.88. The minimum atomic E-state index is 1.24. The first-order valence-electron chi connectivity index (χ1n) is 16.9. The summed E-state index contributed by atoms with van der Waals surface area (Å²) < 4.78 is 0. The van der Waals surface area contributed by atoms with E-state index >= 15 is 0 Å². The molecule has 0 atom stereocenters. The molecule has 0 aliphatic heterocycles. The Morgan fingerprint density at radius 1 is 0.351 bits per heavy atom. The van der Waals surface area contributed by atoms with Crippen molar-refractivity contribution in [3.05, 3.63) is 48.0 Å². The Balaban J connectivity index is 1.24. The van der Waals surface area contributed by atoms with E-state index in [2.05, 4.69) is 49.4 Å². The second-order valence-corrected chi connectivity index (χ2v) is 11.9. The van der Waals surface area contributed by atoms with Crippen molar-refractivity contribution in [2.45, 2.75) is 174 Å². The van der Waals surface area contributed by atoms with Crippen LogP contribution in [0.4, 0.5) is 0 Å². The number of hydrogen-bond donors (Lipinski definition) is 0. The summed E-state index contributed by atoms with van der Waals surface area (Å²) >= 11 is 0. The van der Waals surface area contributed by atoms with Gasteiger partial charge in [0, 0.05) is 0 Å². The predicted molar refractivity (Wildman–Crippen MR) is 169 cm³/mol. The predicted octanol–water partition coefficient (Wildman–Crippen LogP) is 13.2. The maximum absolute atomic E-state index is 2.32. The average Bonchev–Trinajstić information content (AvgIpc) is 2.93. The number of rotatable bonds is 26. The van der Waals surface area contributed by atoms with Crippen molar-refractivity contribution in [2.24, 2.45) is 0 Å². The first kappa shape index (κ1) is 31.9. The Morgan fingerprint density at radius 3 is 1.14 bits per heavy atom. The highest BCUT2D eigenvalue weighted by atomic mass is 14.1. The Kier molecular flexibility index (Phi) is 20.5. The topological polar surface area (TPSA) is 0 Å². The lowest BCUT2D eigenvalue weighted by atomic mass is 9.99. The van der Waals surface area contributed by atoms with Crippen LogP contribution in [-0.2, 0) is 6.42 Å². The van der Waals surface area contributed by atoms with E-state index in [-0.39, 0.29) is 0 Å². The summed E-state index contributed by atoms with van der Waals surface area (Å²) in [5, 5.41) is 2.84. The molecule has 0 heterocycles. The van der Waals surface area contributed by atoms with Gasteiger partial charge in [0.2, 0.25) is 0 Å². The van der Waals surface area contributed by atoms with Crippen molar-refractivity contribution < 1.29 is 0 Å². The average molecular weight is 507 g/mol. The van der Waals surface area contributed by atoms with Crippen molar-refractivity contribution in [1.82, 2.24) is 0 Å². The third-order valence-corrected chi connectivity index (χ3v) is 8.43. The van der Waals surface area contributed by atoms with Crippen LogP contribution in [-0.4, -0.2) is 0 Å². The molecule has 2 aromatic carbocycles. The SMILES string of the molecule is CCCCCCCCCCCCCCCCCCCCCCCCCCCc1cccc2ccccc12. The summed E-state index contributed by atoms with van der Waals surface area (Å²) in [5.74, 6) is 0. The van der Waals surface area contributed by atoms with E-state index in [9.17, 15) is 0 Å². The van der Waals surface area contributed by atoms with Crippen LogP contribution in [0.2, 0.25) is 0 Å². The molecule has 2 aromatic rings. The fraction of sp³-hybridized carbons (Fsp3) is 0.730. The lowest BCUT2D eigenvalue weighted by Gasteiger charge is -2.07. The monoisotopic (exact) mass is 506 g/mol. The van der Waals surface area contributed by atoms with E-state index in [0.29, 0.717) is 0 Å². The molecule has 0 aliphatic rings. The fourth-order valence-corrected chi connectivity index (χ4v) is 5.97. The molecule has 0 heteroatoms. The van der Waals surface area contributed by atoms with Crippen LogP contribution in [0.3, 0.4) is 0 Å². The molecule has 0 fully saturated rings. The van der Waals surface area contributed by atoms with Crippen molar-refractivity contribution >= 4 is 10.8 Å². The highest BCUT2D eigenvalue weighted by molar-refractivity contribution is 5.85. The summed E-state index contributed by atoms with van der Waals surface area (Å²) in [5.41, 5.74) is 1.53. The zero-order chi connectivity index (χ0) is 26.1. The van der Waals surface area contributed by atoms with Crippen LogP contribution in [0.1, 0.15) is 173 Å². The first-order valence-corrected chi connectivity index (χ1v) is 16.9. The van der Waals surface area contributed by atoms with Crippen LogP contribution in [0, 0.1) is 0 Å². The number of benzene rings is 2. The van der Waals surface area contributed by atoms with E-state index < -0.39 is 0 Å². The number of fused-ring (bicyclic) bond motifs is 1. The zero-order valence-corrected chi connectivity index (χ0v) is 24.9. The minimum Gasteiger partial charge on any atom is -0.0654 e. The first-order chi connectivity index (χ1) is 18.4. The van der Waals surface area contributed by atoms with Gasteiger partial charge >= 0.3 is 0 Å². The summed E-state index contributed by atoms with van der Waals surface area (Å²) in [6, 6.07) is 15.6. The molecular formula is C37H62. The van der Waals surface area contributed by atoms with Gasteiger partial charge < -0.3 is 0 Å². The highest BCUT2D eigenvalue weighted by Gasteiger charge is 2.00. The molecule has 0 amide bonds. The third-order valence-electron chi connectivity index (χ3n) is 8.43. The van der Waals surface area contributed by atoms with Gasteiger partial charge in [-0.05, 0) is 29.2 Å². The third kappa shape index (κ3) is 17.0. The second-order valence-electron chi connectivity index (χ2n) is 11.9. The smallest absolute Gasteiger partial charge is 0.0152 e. The molecule has 2 rings (SSSR count). The molecule has 0 spiro atoms. The molecule has 37 heavy (non-hydrogen) atoms. The van der Waals surface area contributed by atoms with Gasteiger partial charge in [0.25, 0.3) is 0 Å². The van der Waals surface area contributed by atoms with Gasteiger partial charge in [-0.1, -0.05) is 203 Å². The van der Waals surface area contributed by atoms with Gasteiger partial charge in [0.1, 0.15) is 0 Å². The van der Waals surface area contributed by atoms with Crippen molar-refractivity contribution in [3.63, 3.8) is 0 Å². The number of hydrogen-bond acceptors (Lipinski definition) is 0. The largest absolute Gasteiger partial charge is 0.0654 e. The van der Waals surface area contributed by atoms with Gasteiger partial charge in [-0.3, -0.25) is 0 Å². The molecule has 0 radical (unpaired) electrons. The summed E-state index contributed by atoms with van der Waals surface area (Å²) in [6.45, 7) is 2.31.